The molecule has 19 heavy (non-hydrogen) atoms. The molecule has 0 radical (unpaired) electrons. The predicted molar refractivity (Wildman–Crippen MR) is 70.0 cm³/mol. The van der Waals surface area contributed by atoms with Crippen molar-refractivity contribution in [3.8, 4) is 0 Å². The summed E-state index contributed by atoms with van der Waals surface area (Å²) in [6.45, 7) is 0.375. The molecule has 1 aliphatic carbocycles. The molecule has 1 fully saturated rings. The van der Waals surface area contributed by atoms with Crippen LogP contribution in [-0.4, -0.2) is 28.5 Å². The van der Waals surface area contributed by atoms with Gasteiger partial charge >= 0.3 is 5.97 Å². The zero-order valence-corrected chi connectivity index (χ0v) is 11.1. The predicted octanol–water partition coefficient (Wildman–Crippen LogP) is 1.97. The second-order valence-electron chi connectivity index (χ2n) is 4.71. The van der Waals surface area contributed by atoms with Gasteiger partial charge in [-0.05, 0) is 30.9 Å². The maximum Gasteiger partial charge on any atom is 0.306 e. The first kappa shape index (κ1) is 13.8. The molecule has 0 saturated heterocycles. The van der Waals surface area contributed by atoms with Crippen LogP contribution in [0.5, 0.6) is 0 Å². The fourth-order valence-corrected chi connectivity index (χ4v) is 2.54. The fourth-order valence-electron chi connectivity index (χ4n) is 2.43. The summed E-state index contributed by atoms with van der Waals surface area (Å²) < 4.78 is 0. The molecule has 5 nitrogen and oxygen atoms in total. The van der Waals surface area contributed by atoms with Crippen LogP contribution in [0.25, 0.3) is 0 Å². The zero-order valence-electron chi connectivity index (χ0n) is 10.3. The number of rotatable bonds is 4. The van der Waals surface area contributed by atoms with E-state index < -0.39 is 5.97 Å². The number of carbonyl (C=O) groups excluding carboxylic acids is 1. The van der Waals surface area contributed by atoms with Crippen molar-refractivity contribution in [3.63, 3.8) is 0 Å². The number of hydrogen-bond acceptors (Lipinski definition) is 3. The Morgan fingerprint density at radius 1 is 1.42 bits per heavy atom. The molecule has 1 aromatic rings. The Balaban J connectivity index is 1.90. The normalized spacial score (nSPS) is 22.2. The molecule has 2 rings (SSSR count). The van der Waals surface area contributed by atoms with Crippen LogP contribution >= 0.6 is 11.6 Å². The van der Waals surface area contributed by atoms with Crippen molar-refractivity contribution < 1.29 is 14.7 Å². The Hall–Kier alpha value is -1.62. The lowest BCUT2D eigenvalue weighted by molar-refractivity contribution is -0.142. The molecule has 102 valence electrons. The highest BCUT2D eigenvalue weighted by Gasteiger charge is 2.32. The van der Waals surface area contributed by atoms with Gasteiger partial charge in [-0.1, -0.05) is 18.0 Å². The van der Waals surface area contributed by atoms with Crippen LogP contribution in [0.4, 0.5) is 0 Å². The molecule has 0 aromatic carbocycles. The second kappa shape index (κ2) is 6.02. The first-order valence-corrected chi connectivity index (χ1v) is 6.58. The Bertz CT molecular complexity index is 475. The minimum Gasteiger partial charge on any atom is -0.481 e. The van der Waals surface area contributed by atoms with Crippen LogP contribution < -0.4 is 5.32 Å². The summed E-state index contributed by atoms with van der Waals surface area (Å²) in [6, 6.07) is 3.14. The molecule has 1 amide bonds. The van der Waals surface area contributed by atoms with Crippen LogP contribution in [0.1, 0.15) is 29.8 Å². The molecule has 1 aromatic heterocycles. The SMILES string of the molecule is O=C(NCC1CCCC1C(=O)O)c1ccc(Cl)cn1. The number of nitrogens with one attached hydrogen (secondary N) is 1. The van der Waals surface area contributed by atoms with Crippen molar-refractivity contribution in [1.29, 1.82) is 0 Å². The van der Waals surface area contributed by atoms with Crippen molar-refractivity contribution in [2.24, 2.45) is 11.8 Å². The second-order valence-corrected chi connectivity index (χ2v) is 5.14. The number of hydrogen-bond donors (Lipinski definition) is 2. The Kier molecular flexibility index (Phi) is 4.37. The fraction of sp³-hybridized carbons (Fsp3) is 0.462. The Labute approximate surface area is 116 Å². The Morgan fingerprint density at radius 2 is 2.21 bits per heavy atom. The van der Waals surface area contributed by atoms with E-state index in [0.717, 1.165) is 12.8 Å². The lowest BCUT2D eigenvalue weighted by Crippen LogP contribution is -2.33. The molecule has 2 unspecified atom stereocenters. The molecular formula is C13H15ClN2O3. The summed E-state index contributed by atoms with van der Waals surface area (Å²) >= 11 is 5.69. The molecule has 0 bridgehead atoms. The van der Waals surface area contributed by atoms with Gasteiger partial charge in [-0.2, -0.15) is 0 Å². The smallest absolute Gasteiger partial charge is 0.306 e. The first-order chi connectivity index (χ1) is 9.08. The van der Waals surface area contributed by atoms with Crippen LogP contribution in [0.2, 0.25) is 5.02 Å². The van der Waals surface area contributed by atoms with E-state index >= 15 is 0 Å². The molecule has 2 atom stereocenters. The van der Waals surface area contributed by atoms with Crippen LogP contribution in [0.3, 0.4) is 0 Å². The van der Waals surface area contributed by atoms with Crippen molar-refractivity contribution in [1.82, 2.24) is 10.3 Å². The van der Waals surface area contributed by atoms with Crippen molar-refractivity contribution in [2.45, 2.75) is 19.3 Å². The van der Waals surface area contributed by atoms with Gasteiger partial charge in [0, 0.05) is 12.7 Å². The highest BCUT2D eigenvalue weighted by Crippen LogP contribution is 2.31. The van der Waals surface area contributed by atoms with Gasteiger partial charge in [0.2, 0.25) is 0 Å². The summed E-state index contributed by atoms with van der Waals surface area (Å²) in [5.41, 5.74) is 0.286. The first-order valence-electron chi connectivity index (χ1n) is 6.20. The third kappa shape index (κ3) is 3.44. The average Bonchev–Trinajstić information content (AvgIpc) is 2.85. The topological polar surface area (TPSA) is 79.3 Å². The van der Waals surface area contributed by atoms with Crippen LogP contribution in [-0.2, 0) is 4.79 Å². The van der Waals surface area contributed by atoms with Gasteiger partial charge < -0.3 is 10.4 Å². The van der Waals surface area contributed by atoms with Gasteiger partial charge in [0.25, 0.3) is 5.91 Å². The summed E-state index contributed by atoms with van der Waals surface area (Å²) in [5, 5.41) is 12.3. The van der Waals surface area contributed by atoms with Gasteiger partial charge in [0.15, 0.2) is 0 Å². The molecular weight excluding hydrogens is 268 g/mol. The van der Waals surface area contributed by atoms with Crippen LogP contribution in [0.15, 0.2) is 18.3 Å². The number of aliphatic carboxylic acids is 1. The van der Waals surface area contributed by atoms with E-state index in [1.807, 2.05) is 0 Å². The lowest BCUT2D eigenvalue weighted by atomic mass is 9.96. The third-order valence-electron chi connectivity index (χ3n) is 3.46. The van der Waals surface area contributed by atoms with Gasteiger partial charge in [0.05, 0.1) is 10.9 Å². The molecule has 0 aliphatic heterocycles. The van der Waals surface area contributed by atoms with E-state index in [0.29, 0.717) is 18.0 Å². The van der Waals surface area contributed by atoms with E-state index in [2.05, 4.69) is 10.3 Å². The summed E-state index contributed by atoms with van der Waals surface area (Å²) in [6.07, 6.45) is 3.84. The third-order valence-corrected chi connectivity index (χ3v) is 3.68. The molecule has 2 N–H and O–H groups in total. The number of halogens is 1. The monoisotopic (exact) mass is 282 g/mol. The maximum absolute atomic E-state index is 11.8. The lowest BCUT2D eigenvalue weighted by Gasteiger charge is -2.16. The van der Waals surface area contributed by atoms with Gasteiger partial charge in [-0.3, -0.25) is 9.59 Å². The molecule has 6 heteroatoms. The van der Waals surface area contributed by atoms with E-state index in [-0.39, 0.29) is 23.4 Å². The standard InChI is InChI=1S/C13H15ClN2O3/c14-9-4-5-11(15-7-9)12(17)16-6-8-2-1-3-10(8)13(18)19/h4-5,7-8,10H,1-3,6H2,(H,16,17)(H,18,19). The quantitative estimate of drug-likeness (QED) is 0.885. The van der Waals surface area contributed by atoms with E-state index in [9.17, 15) is 9.59 Å². The van der Waals surface area contributed by atoms with Gasteiger partial charge in [-0.15, -0.1) is 0 Å². The number of carboxylic acid groups (broad SMARTS) is 1. The summed E-state index contributed by atoms with van der Waals surface area (Å²) in [5.74, 6) is -1.42. The molecule has 1 heterocycles. The minimum absolute atomic E-state index is 0.00810. The highest BCUT2D eigenvalue weighted by molar-refractivity contribution is 6.30. The molecule has 0 spiro atoms. The summed E-state index contributed by atoms with van der Waals surface area (Å²) in [7, 11) is 0. The van der Waals surface area contributed by atoms with Gasteiger partial charge in [0.1, 0.15) is 5.69 Å². The number of carbonyl (C=O) groups is 2. The van der Waals surface area contributed by atoms with Crippen molar-refractivity contribution in [3.05, 3.63) is 29.0 Å². The maximum atomic E-state index is 11.8. The highest BCUT2D eigenvalue weighted by atomic mass is 35.5. The van der Waals surface area contributed by atoms with Gasteiger partial charge in [-0.25, -0.2) is 4.98 Å². The number of aromatic nitrogens is 1. The van der Waals surface area contributed by atoms with Crippen molar-refractivity contribution in [2.75, 3.05) is 6.54 Å². The number of carboxylic acids is 1. The zero-order chi connectivity index (χ0) is 13.8. The van der Waals surface area contributed by atoms with E-state index in [1.165, 1.54) is 6.20 Å². The number of nitrogens with zero attached hydrogens (tertiary/aromatic N) is 1. The van der Waals surface area contributed by atoms with E-state index in [1.54, 1.807) is 12.1 Å². The Morgan fingerprint density at radius 3 is 2.84 bits per heavy atom. The van der Waals surface area contributed by atoms with Crippen molar-refractivity contribution >= 4 is 23.5 Å². The van der Waals surface area contributed by atoms with Crippen LogP contribution in [0, 0.1) is 11.8 Å². The largest absolute Gasteiger partial charge is 0.481 e. The van der Waals surface area contributed by atoms with E-state index in [4.69, 9.17) is 16.7 Å². The average molecular weight is 283 g/mol. The minimum atomic E-state index is -0.777. The summed E-state index contributed by atoms with van der Waals surface area (Å²) in [4.78, 5) is 26.8. The molecule has 1 aliphatic rings. The molecule has 1 saturated carbocycles. The number of amides is 1. The number of pyridine rings is 1.